The lowest BCUT2D eigenvalue weighted by molar-refractivity contribution is -0.116. The predicted octanol–water partition coefficient (Wildman–Crippen LogP) is 2.35. The molecule has 0 unspecified atom stereocenters. The van der Waals surface area contributed by atoms with Crippen LogP contribution in [-0.4, -0.2) is 22.2 Å². The summed E-state index contributed by atoms with van der Waals surface area (Å²) in [7, 11) is 1.85. The molecule has 1 atom stereocenters. The van der Waals surface area contributed by atoms with Gasteiger partial charge in [-0.15, -0.1) is 0 Å². The smallest absolute Gasteiger partial charge is 0.244 e. The highest BCUT2D eigenvalue weighted by molar-refractivity contribution is 5.91. The molecule has 0 radical (unpaired) electrons. The maximum absolute atomic E-state index is 11.7. The van der Waals surface area contributed by atoms with Gasteiger partial charge in [-0.2, -0.15) is 5.10 Å². The number of rotatable bonds is 5. The molecule has 20 heavy (non-hydrogen) atoms. The van der Waals surface area contributed by atoms with E-state index in [0.717, 1.165) is 5.56 Å². The van der Waals surface area contributed by atoms with Gasteiger partial charge in [-0.1, -0.05) is 37.3 Å². The minimum atomic E-state index is -0.0864. The average Bonchev–Trinajstić information content (AvgIpc) is 2.89. The number of hydrogen-bond donors (Lipinski definition) is 1. The number of carbonyl (C=O) groups is 1. The van der Waals surface area contributed by atoms with Gasteiger partial charge in [-0.3, -0.25) is 9.48 Å². The first-order chi connectivity index (χ1) is 9.65. The minimum absolute atomic E-state index is 0.0864. The van der Waals surface area contributed by atoms with E-state index >= 15 is 0 Å². The standard InChI is InChI=1S/C16H19N3O/c1-13(15-6-4-3-5-7-15)10-17-16(20)9-8-14-11-18-19(2)12-14/h3-9,11-13H,10H2,1-2H3,(H,17,20)/b9-8+/t13-/m0/s1. The van der Waals surface area contributed by atoms with E-state index < -0.39 is 0 Å². The van der Waals surface area contributed by atoms with Gasteiger partial charge in [0, 0.05) is 31.4 Å². The van der Waals surface area contributed by atoms with Gasteiger partial charge in [0.05, 0.1) is 6.20 Å². The Morgan fingerprint density at radius 2 is 2.15 bits per heavy atom. The highest BCUT2D eigenvalue weighted by atomic mass is 16.1. The van der Waals surface area contributed by atoms with E-state index in [2.05, 4.69) is 29.5 Å². The van der Waals surface area contributed by atoms with E-state index in [-0.39, 0.29) is 5.91 Å². The molecular formula is C16H19N3O. The number of aromatic nitrogens is 2. The molecule has 4 nitrogen and oxygen atoms in total. The lowest BCUT2D eigenvalue weighted by Crippen LogP contribution is -2.25. The van der Waals surface area contributed by atoms with Gasteiger partial charge in [-0.05, 0) is 17.6 Å². The summed E-state index contributed by atoms with van der Waals surface area (Å²) in [5.74, 6) is 0.212. The Kier molecular flexibility index (Phi) is 4.71. The number of nitrogens with one attached hydrogen (secondary N) is 1. The number of aryl methyl sites for hydroxylation is 1. The molecule has 4 heteroatoms. The summed E-state index contributed by atoms with van der Waals surface area (Å²) in [6.45, 7) is 2.72. The van der Waals surface area contributed by atoms with Gasteiger partial charge in [0.2, 0.25) is 5.91 Å². The van der Waals surface area contributed by atoms with Crippen LogP contribution in [-0.2, 0) is 11.8 Å². The molecule has 0 saturated heterocycles. The second kappa shape index (κ2) is 6.70. The Morgan fingerprint density at radius 3 is 2.80 bits per heavy atom. The molecule has 2 aromatic rings. The fourth-order valence-corrected chi connectivity index (χ4v) is 1.91. The maximum Gasteiger partial charge on any atom is 0.244 e. The van der Waals surface area contributed by atoms with E-state index in [1.54, 1.807) is 17.0 Å². The van der Waals surface area contributed by atoms with Crippen LogP contribution < -0.4 is 5.32 Å². The number of amides is 1. The third kappa shape index (κ3) is 4.09. The number of carbonyl (C=O) groups excluding carboxylic acids is 1. The largest absolute Gasteiger partial charge is 0.352 e. The highest BCUT2D eigenvalue weighted by Crippen LogP contribution is 2.12. The fraction of sp³-hybridized carbons (Fsp3) is 0.250. The Labute approximate surface area is 119 Å². The van der Waals surface area contributed by atoms with Crippen molar-refractivity contribution in [3.05, 3.63) is 59.9 Å². The number of hydrogen-bond acceptors (Lipinski definition) is 2. The molecule has 0 spiro atoms. The van der Waals surface area contributed by atoms with Crippen molar-refractivity contribution in [2.45, 2.75) is 12.8 Å². The van der Waals surface area contributed by atoms with E-state index in [9.17, 15) is 4.79 Å². The molecule has 0 aliphatic carbocycles. The SMILES string of the molecule is C[C@@H](CNC(=O)/C=C/c1cnn(C)c1)c1ccccc1. The summed E-state index contributed by atoms with van der Waals surface area (Å²) in [4.78, 5) is 11.7. The minimum Gasteiger partial charge on any atom is -0.352 e. The van der Waals surface area contributed by atoms with E-state index in [0.29, 0.717) is 12.5 Å². The topological polar surface area (TPSA) is 46.9 Å². The van der Waals surface area contributed by atoms with Crippen LogP contribution in [0.2, 0.25) is 0 Å². The lowest BCUT2D eigenvalue weighted by Gasteiger charge is -2.11. The number of benzene rings is 1. The molecule has 1 heterocycles. The van der Waals surface area contributed by atoms with Crippen molar-refractivity contribution in [3.63, 3.8) is 0 Å². The summed E-state index contributed by atoms with van der Waals surface area (Å²) in [6, 6.07) is 10.2. The summed E-state index contributed by atoms with van der Waals surface area (Å²) in [5, 5.41) is 6.95. The van der Waals surface area contributed by atoms with Crippen molar-refractivity contribution in [2.75, 3.05) is 6.54 Å². The molecule has 0 aliphatic heterocycles. The van der Waals surface area contributed by atoms with Gasteiger partial charge in [0.25, 0.3) is 0 Å². The Morgan fingerprint density at radius 1 is 1.40 bits per heavy atom. The first-order valence-electron chi connectivity index (χ1n) is 6.64. The first-order valence-corrected chi connectivity index (χ1v) is 6.64. The quantitative estimate of drug-likeness (QED) is 0.847. The molecule has 1 aromatic heterocycles. The van der Waals surface area contributed by atoms with Crippen molar-refractivity contribution in [1.82, 2.24) is 15.1 Å². The molecule has 2 rings (SSSR count). The molecule has 0 aliphatic rings. The van der Waals surface area contributed by atoms with E-state index in [4.69, 9.17) is 0 Å². The Hall–Kier alpha value is -2.36. The van der Waals surface area contributed by atoms with Crippen molar-refractivity contribution in [1.29, 1.82) is 0 Å². The Bertz CT molecular complexity index is 587. The van der Waals surface area contributed by atoms with Crippen LogP contribution in [0.5, 0.6) is 0 Å². The van der Waals surface area contributed by atoms with Gasteiger partial charge in [0.15, 0.2) is 0 Å². The molecule has 1 N–H and O–H groups in total. The Balaban J connectivity index is 1.82. The zero-order valence-corrected chi connectivity index (χ0v) is 11.8. The summed E-state index contributed by atoms with van der Waals surface area (Å²) >= 11 is 0. The molecule has 0 fully saturated rings. The molecule has 0 saturated carbocycles. The summed E-state index contributed by atoms with van der Waals surface area (Å²) < 4.78 is 1.70. The maximum atomic E-state index is 11.7. The van der Waals surface area contributed by atoms with Crippen molar-refractivity contribution < 1.29 is 4.79 Å². The lowest BCUT2D eigenvalue weighted by atomic mass is 10.0. The second-order valence-corrected chi connectivity index (χ2v) is 4.84. The van der Waals surface area contributed by atoms with E-state index in [1.807, 2.05) is 31.4 Å². The fourth-order valence-electron chi connectivity index (χ4n) is 1.91. The normalized spacial score (nSPS) is 12.5. The monoisotopic (exact) mass is 269 g/mol. The molecule has 1 amide bonds. The van der Waals surface area contributed by atoms with E-state index in [1.165, 1.54) is 11.6 Å². The third-order valence-corrected chi connectivity index (χ3v) is 3.10. The predicted molar refractivity (Wildman–Crippen MR) is 80.1 cm³/mol. The van der Waals surface area contributed by atoms with Crippen molar-refractivity contribution in [3.8, 4) is 0 Å². The molecule has 1 aromatic carbocycles. The van der Waals surface area contributed by atoms with Crippen LogP contribution in [0.1, 0.15) is 24.0 Å². The average molecular weight is 269 g/mol. The molecule has 0 bridgehead atoms. The molecular weight excluding hydrogens is 250 g/mol. The van der Waals surface area contributed by atoms with Gasteiger partial charge < -0.3 is 5.32 Å². The zero-order valence-electron chi connectivity index (χ0n) is 11.8. The molecule has 104 valence electrons. The van der Waals surface area contributed by atoms with Gasteiger partial charge in [0.1, 0.15) is 0 Å². The first kappa shape index (κ1) is 14.1. The number of nitrogens with zero attached hydrogens (tertiary/aromatic N) is 2. The summed E-state index contributed by atoms with van der Waals surface area (Å²) in [6.07, 6.45) is 6.87. The van der Waals surface area contributed by atoms with Crippen molar-refractivity contribution >= 4 is 12.0 Å². The van der Waals surface area contributed by atoms with Crippen LogP contribution in [0.25, 0.3) is 6.08 Å². The zero-order chi connectivity index (χ0) is 14.4. The third-order valence-electron chi connectivity index (χ3n) is 3.10. The van der Waals surface area contributed by atoms with Gasteiger partial charge in [-0.25, -0.2) is 0 Å². The van der Waals surface area contributed by atoms with Gasteiger partial charge >= 0.3 is 0 Å². The van der Waals surface area contributed by atoms with Crippen LogP contribution in [0, 0.1) is 0 Å². The van der Waals surface area contributed by atoms with Crippen LogP contribution in [0.15, 0.2) is 48.8 Å². The second-order valence-electron chi connectivity index (χ2n) is 4.84. The van der Waals surface area contributed by atoms with Crippen LogP contribution in [0.4, 0.5) is 0 Å². The van der Waals surface area contributed by atoms with Crippen LogP contribution in [0.3, 0.4) is 0 Å². The summed E-state index contributed by atoms with van der Waals surface area (Å²) in [5.41, 5.74) is 2.14. The highest BCUT2D eigenvalue weighted by Gasteiger charge is 2.05. The van der Waals surface area contributed by atoms with Crippen molar-refractivity contribution in [2.24, 2.45) is 7.05 Å². The van der Waals surface area contributed by atoms with Crippen LogP contribution >= 0.6 is 0 Å².